The van der Waals surface area contributed by atoms with Crippen LogP contribution in [0.2, 0.25) is 5.02 Å². The second-order valence-corrected chi connectivity index (χ2v) is 8.72. The molecule has 3 aromatic rings. The van der Waals surface area contributed by atoms with Gasteiger partial charge in [0.05, 0.1) is 21.6 Å². The first-order valence-electron chi connectivity index (χ1n) is 9.26. The second-order valence-electron chi connectivity index (χ2n) is 6.63. The number of rotatable bonds is 7. The third-order valence-electron chi connectivity index (χ3n) is 4.39. The molecule has 3 rings (SSSR count). The van der Waals surface area contributed by atoms with Gasteiger partial charge < -0.3 is 5.32 Å². The van der Waals surface area contributed by atoms with Gasteiger partial charge in [-0.25, -0.2) is 8.42 Å². The van der Waals surface area contributed by atoms with Gasteiger partial charge in [-0.3, -0.25) is 9.52 Å². The molecule has 0 spiro atoms. The van der Waals surface area contributed by atoms with Gasteiger partial charge in [0.1, 0.15) is 0 Å². The molecule has 0 radical (unpaired) electrons. The number of para-hydroxylation sites is 1. The standard InChI is InChI=1S/C23H21ClN2O3S/c1-17(19-7-3-2-4-8-19)25-23(27)16-13-18-11-14-20(15-12-18)30(28,29)26-22-10-6-5-9-21(22)24/h2-17,26H,1H3,(H,25,27)/b16-13+. The number of anilines is 1. The molecular formula is C23H21ClN2O3S. The SMILES string of the molecule is CC(NC(=O)/C=C/c1ccc(S(=O)(=O)Nc2ccccc2Cl)cc1)c1ccccc1. The molecule has 0 saturated heterocycles. The van der Waals surface area contributed by atoms with Crippen molar-refractivity contribution in [1.29, 1.82) is 0 Å². The zero-order valence-corrected chi connectivity index (χ0v) is 17.8. The molecule has 154 valence electrons. The molecule has 5 nitrogen and oxygen atoms in total. The minimum atomic E-state index is -3.77. The number of amides is 1. The van der Waals surface area contributed by atoms with Gasteiger partial charge in [0.15, 0.2) is 0 Å². The zero-order chi connectivity index (χ0) is 21.6. The summed E-state index contributed by atoms with van der Waals surface area (Å²) in [6.07, 6.45) is 3.05. The van der Waals surface area contributed by atoms with Crippen molar-refractivity contribution >= 4 is 39.3 Å². The Bertz CT molecular complexity index is 1140. The highest BCUT2D eigenvalue weighted by Gasteiger charge is 2.15. The van der Waals surface area contributed by atoms with E-state index in [9.17, 15) is 13.2 Å². The first-order valence-corrected chi connectivity index (χ1v) is 11.1. The topological polar surface area (TPSA) is 75.3 Å². The minimum Gasteiger partial charge on any atom is -0.346 e. The molecule has 0 aliphatic carbocycles. The monoisotopic (exact) mass is 440 g/mol. The number of sulfonamides is 1. The lowest BCUT2D eigenvalue weighted by Gasteiger charge is -2.12. The highest BCUT2D eigenvalue weighted by Crippen LogP contribution is 2.24. The number of halogens is 1. The van der Waals surface area contributed by atoms with Crippen LogP contribution in [0.15, 0.2) is 89.8 Å². The Morgan fingerprint density at radius 1 is 0.933 bits per heavy atom. The molecule has 2 N–H and O–H groups in total. The number of carbonyl (C=O) groups is 1. The van der Waals surface area contributed by atoms with Crippen LogP contribution in [-0.2, 0) is 14.8 Å². The molecule has 1 amide bonds. The Morgan fingerprint density at radius 3 is 2.23 bits per heavy atom. The summed E-state index contributed by atoms with van der Waals surface area (Å²) in [6.45, 7) is 1.91. The van der Waals surface area contributed by atoms with Gasteiger partial charge in [0.2, 0.25) is 5.91 Å². The van der Waals surface area contributed by atoms with Crippen molar-refractivity contribution in [1.82, 2.24) is 5.32 Å². The largest absolute Gasteiger partial charge is 0.346 e. The predicted octanol–water partition coefficient (Wildman–Crippen LogP) is 5.03. The van der Waals surface area contributed by atoms with Crippen LogP contribution in [0.5, 0.6) is 0 Å². The van der Waals surface area contributed by atoms with E-state index in [-0.39, 0.29) is 16.8 Å². The lowest BCUT2D eigenvalue weighted by Crippen LogP contribution is -2.24. The molecule has 0 fully saturated rings. The number of hydrogen-bond donors (Lipinski definition) is 2. The number of hydrogen-bond acceptors (Lipinski definition) is 3. The van der Waals surface area contributed by atoms with Gasteiger partial charge in [0.25, 0.3) is 10.0 Å². The van der Waals surface area contributed by atoms with Crippen LogP contribution in [-0.4, -0.2) is 14.3 Å². The molecule has 0 saturated carbocycles. The van der Waals surface area contributed by atoms with Crippen molar-refractivity contribution < 1.29 is 13.2 Å². The number of nitrogens with one attached hydrogen (secondary N) is 2. The van der Waals surface area contributed by atoms with Crippen LogP contribution in [0.4, 0.5) is 5.69 Å². The van der Waals surface area contributed by atoms with Gasteiger partial charge in [-0.2, -0.15) is 0 Å². The van der Waals surface area contributed by atoms with Gasteiger partial charge in [-0.15, -0.1) is 0 Å². The van der Waals surface area contributed by atoms with E-state index >= 15 is 0 Å². The molecule has 30 heavy (non-hydrogen) atoms. The van der Waals surface area contributed by atoms with E-state index in [1.54, 1.807) is 42.5 Å². The lowest BCUT2D eigenvalue weighted by atomic mass is 10.1. The molecular weight excluding hydrogens is 420 g/mol. The molecule has 0 aliphatic rings. The Morgan fingerprint density at radius 2 is 1.57 bits per heavy atom. The van der Waals surface area contributed by atoms with Gasteiger partial charge in [-0.05, 0) is 48.4 Å². The highest BCUT2D eigenvalue weighted by atomic mass is 35.5. The summed E-state index contributed by atoms with van der Waals surface area (Å²) < 4.78 is 27.5. The summed E-state index contributed by atoms with van der Waals surface area (Å²) in [6, 6.07) is 22.4. The molecule has 0 heterocycles. The maximum Gasteiger partial charge on any atom is 0.261 e. The van der Waals surface area contributed by atoms with Crippen LogP contribution in [0.3, 0.4) is 0 Å². The average molecular weight is 441 g/mol. The fraction of sp³-hybridized carbons (Fsp3) is 0.0870. The third kappa shape index (κ3) is 5.72. The summed E-state index contributed by atoms with van der Waals surface area (Å²) in [5.74, 6) is -0.233. The predicted molar refractivity (Wildman–Crippen MR) is 121 cm³/mol. The molecule has 0 aromatic heterocycles. The van der Waals surface area contributed by atoms with Crippen molar-refractivity contribution in [2.45, 2.75) is 17.9 Å². The number of carbonyl (C=O) groups excluding carboxylic acids is 1. The van der Waals surface area contributed by atoms with Crippen molar-refractivity contribution in [3.05, 3.63) is 101 Å². The van der Waals surface area contributed by atoms with Crippen LogP contribution >= 0.6 is 11.6 Å². The Labute approximate surface area is 181 Å². The fourth-order valence-corrected chi connectivity index (χ4v) is 4.08. The fourth-order valence-electron chi connectivity index (χ4n) is 2.76. The Balaban J connectivity index is 1.63. The maximum absolute atomic E-state index is 12.5. The first kappa shape index (κ1) is 21.6. The Hall–Kier alpha value is -3.09. The average Bonchev–Trinajstić information content (AvgIpc) is 2.75. The third-order valence-corrected chi connectivity index (χ3v) is 6.11. The summed E-state index contributed by atoms with van der Waals surface area (Å²) in [4.78, 5) is 12.2. The van der Waals surface area contributed by atoms with Crippen molar-refractivity contribution in [2.75, 3.05) is 4.72 Å². The van der Waals surface area contributed by atoms with Crippen LogP contribution in [0.1, 0.15) is 24.1 Å². The smallest absolute Gasteiger partial charge is 0.261 e. The highest BCUT2D eigenvalue weighted by molar-refractivity contribution is 7.92. The molecule has 1 unspecified atom stereocenters. The molecule has 3 aromatic carbocycles. The van der Waals surface area contributed by atoms with Crippen molar-refractivity contribution in [3.8, 4) is 0 Å². The molecule has 0 bridgehead atoms. The van der Waals surface area contributed by atoms with E-state index < -0.39 is 10.0 Å². The quantitative estimate of drug-likeness (QED) is 0.506. The number of benzene rings is 3. The molecule has 1 atom stereocenters. The van der Waals surface area contributed by atoms with Crippen LogP contribution in [0.25, 0.3) is 6.08 Å². The molecule has 7 heteroatoms. The van der Waals surface area contributed by atoms with Crippen LogP contribution < -0.4 is 10.0 Å². The zero-order valence-electron chi connectivity index (χ0n) is 16.2. The first-order chi connectivity index (χ1) is 14.3. The van der Waals surface area contributed by atoms with Crippen LogP contribution in [0, 0.1) is 0 Å². The Kier molecular flexibility index (Phi) is 6.92. The summed E-state index contributed by atoms with van der Waals surface area (Å²) in [5.41, 5.74) is 2.03. The van der Waals surface area contributed by atoms with Crippen molar-refractivity contribution in [3.63, 3.8) is 0 Å². The van der Waals surface area contributed by atoms with E-state index in [4.69, 9.17) is 11.6 Å². The summed E-state index contributed by atoms with van der Waals surface area (Å²) >= 11 is 6.01. The van der Waals surface area contributed by atoms with Gasteiger partial charge in [0, 0.05) is 6.08 Å². The lowest BCUT2D eigenvalue weighted by molar-refractivity contribution is -0.117. The van der Waals surface area contributed by atoms with E-state index in [2.05, 4.69) is 10.0 Å². The second kappa shape index (κ2) is 9.61. The minimum absolute atomic E-state index is 0.0988. The van der Waals surface area contributed by atoms with E-state index in [0.717, 1.165) is 5.56 Å². The van der Waals surface area contributed by atoms with E-state index in [0.29, 0.717) is 16.3 Å². The van der Waals surface area contributed by atoms with E-state index in [1.165, 1.54) is 18.2 Å². The van der Waals surface area contributed by atoms with E-state index in [1.807, 2.05) is 37.3 Å². The van der Waals surface area contributed by atoms with Crippen molar-refractivity contribution in [2.24, 2.45) is 0 Å². The summed E-state index contributed by atoms with van der Waals surface area (Å²) in [7, 11) is -3.77. The maximum atomic E-state index is 12.5. The summed E-state index contributed by atoms with van der Waals surface area (Å²) in [5, 5.41) is 3.21. The molecule has 0 aliphatic heterocycles. The van der Waals surface area contributed by atoms with Gasteiger partial charge >= 0.3 is 0 Å². The normalized spacial score (nSPS) is 12.5. The van der Waals surface area contributed by atoms with Gasteiger partial charge in [-0.1, -0.05) is 66.2 Å².